The second kappa shape index (κ2) is 6.70. The highest BCUT2D eigenvalue weighted by Gasteiger charge is 2.57. The van der Waals surface area contributed by atoms with E-state index in [0.717, 1.165) is 5.56 Å². The molecule has 6 nitrogen and oxygen atoms in total. The minimum atomic E-state index is -3.57. The van der Waals surface area contributed by atoms with E-state index in [1.807, 2.05) is 48.6 Å². The molecule has 1 saturated heterocycles. The minimum Gasteiger partial charge on any atom is -0.336 e. The summed E-state index contributed by atoms with van der Waals surface area (Å²) < 4.78 is 28.2. The predicted molar refractivity (Wildman–Crippen MR) is 105 cm³/mol. The Hall–Kier alpha value is -1.74. The molecule has 2 aliphatic rings. The van der Waals surface area contributed by atoms with Gasteiger partial charge >= 0.3 is 0 Å². The lowest BCUT2D eigenvalue weighted by molar-refractivity contribution is 0.0767. The van der Waals surface area contributed by atoms with Crippen LogP contribution < -0.4 is 0 Å². The zero-order valence-electron chi connectivity index (χ0n) is 15.5. The molecule has 0 unspecified atom stereocenters. The van der Waals surface area contributed by atoms with Gasteiger partial charge < -0.3 is 9.80 Å². The van der Waals surface area contributed by atoms with Gasteiger partial charge in [0.05, 0.1) is 15.3 Å². The van der Waals surface area contributed by atoms with Crippen molar-refractivity contribution in [2.75, 3.05) is 40.3 Å². The van der Waals surface area contributed by atoms with Crippen LogP contribution in [0.25, 0.3) is 0 Å². The van der Waals surface area contributed by atoms with Gasteiger partial charge in [-0.05, 0) is 43.6 Å². The van der Waals surface area contributed by atoms with Gasteiger partial charge in [0.2, 0.25) is 10.0 Å². The van der Waals surface area contributed by atoms with Crippen LogP contribution in [0.5, 0.6) is 0 Å². The van der Waals surface area contributed by atoms with Gasteiger partial charge in [0, 0.05) is 26.2 Å². The number of hydrogen-bond donors (Lipinski definition) is 0. The number of benzene rings is 1. The van der Waals surface area contributed by atoms with Gasteiger partial charge in [-0.15, -0.1) is 11.3 Å². The van der Waals surface area contributed by atoms with Crippen molar-refractivity contribution in [1.29, 1.82) is 0 Å². The van der Waals surface area contributed by atoms with Crippen molar-refractivity contribution in [2.24, 2.45) is 0 Å². The molecule has 0 radical (unpaired) electrons. The number of nitrogens with zero attached hydrogens (tertiary/aromatic N) is 3. The number of likely N-dealkylation sites (N-methyl/N-ethyl adjacent to an activating group) is 1. The van der Waals surface area contributed by atoms with Crippen LogP contribution in [0.4, 0.5) is 0 Å². The SMILES string of the molecule is CN(C)CCN1[C@@]2(CCN(C(=O)c3cccs3)C2)c2ccccc2S1(=O)=O. The Morgan fingerprint density at radius 3 is 2.70 bits per heavy atom. The lowest BCUT2D eigenvalue weighted by Gasteiger charge is -2.34. The minimum absolute atomic E-state index is 0.0174. The van der Waals surface area contributed by atoms with Gasteiger partial charge in [-0.2, -0.15) is 4.31 Å². The average Bonchev–Trinajstić information content (AvgIpc) is 3.34. The molecule has 2 aromatic rings. The summed E-state index contributed by atoms with van der Waals surface area (Å²) >= 11 is 1.42. The Balaban J connectivity index is 1.73. The number of amides is 1. The molecule has 3 heterocycles. The van der Waals surface area contributed by atoms with E-state index in [-0.39, 0.29) is 5.91 Å². The molecule has 1 aromatic carbocycles. The Kier molecular flexibility index (Phi) is 4.62. The molecular formula is C19H23N3O3S2. The summed E-state index contributed by atoms with van der Waals surface area (Å²) in [6.07, 6.45) is 0.619. The summed E-state index contributed by atoms with van der Waals surface area (Å²) in [4.78, 5) is 17.7. The van der Waals surface area contributed by atoms with E-state index in [9.17, 15) is 13.2 Å². The van der Waals surface area contributed by atoms with Gasteiger partial charge in [0.1, 0.15) is 0 Å². The molecule has 4 rings (SSSR count). The van der Waals surface area contributed by atoms with E-state index in [1.165, 1.54) is 11.3 Å². The van der Waals surface area contributed by atoms with Crippen molar-refractivity contribution in [3.8, 4) is 0 Å². The standard InChI is InChI=1S/C19H23N3O3S2/c1-20(2)11-12-22-19(15-6-3-4-8-17(15)27(22,24)25)9-10-21(14-19)18(23)16-7-5-13-26-16/h3-8,13H,9-12,14H2,1-2H3/t19-/m1/s1. The molecule has 1 atom stereocenters. The van der Waals surface area contributed by atoms with Gasteiger partial charge in [0.25, 0.3) is 5.91 Å². The molecule has 1 spiro atoms. The fraction of sp³-hybridized carbons (Fsp3) is 0.421. The summed E-state index contributed by atoms with van der Waals surface area (Å²) in [5.41, 5.74) is 0.156. The maximum absolute atomic E-state index is 13.3. The third-order valence-electron chi connectivity index (χ3n) is 5.45. The van der Waals surface area contributed by atoms with Gasteiger partial charge in [-0.1, -0.05) is 24.3 Å². The number of hydrogen-bond acceptors (Lipinski definition) is 5. The Morgan fingerprint density at radius 2 is 2.00 bits per heavy atom. The monoisotopic (exact) mass is 405 g/mol. The smallest absolute Gasteiger partial charge is 0.263 e. The molecule has 0 bridgehead atoms. The number of carbonyl (C=O) groups excluding carboxylic acids is 1. The molecular weight excluding hydrogens is 382 g/mol. The molecule has 8 heteroatoms. The Labute approximate surface area is 164 Å². The first-order valence-corrected chi connectivity index (χ1v) is 11.3. The van der Waals surface area contributed by atoms with E-state index in [1.54, 1.807) is 21.3 Å². The third-order valence-corrected chi connectivity index (χ3v) is 8.33. The van der Waals surface area contributed by atoms with Crippen LogP contribution in [0.3, 0.4) is 0 Å². The van der Waals surface area contributed by atoms with Crippen LogP contribution >= 0.6 is 11.3 Å². The number of likely N-dealkylation sites (tertiary alicyclic amines) is 1. The van der Waals surface area contributed by atoms with Crippen LogP contribution in [0.15, 0.2) is 46.7 Å². The van der Waals surface area contributed by atoms with Crippen molar-refractivity contribution >= 4 is 27.3 Å². The van der Waals surface area contributed by atoms with Crippen molar-refractivity contribution < 1.29 is 13.2 Å². The molecule has 1 aromatic heterocycles. The Morgan fingerprint density at radius 1 is 1.22 bits per heavy atom. The molecule has 1 fully saturated rings. The third kappa shape index (κ3) is 2.91. The highest BCUT2D eigenvalue weighted by Crippen LogP contribution is 2.49. The quantitative estimate of drug-likeness (QED) is 0.781. The van der Waals surface area contributed by atoms with Crippen LogP contribution in [-0.2, 0) is 15.6 Å². The van der Waals surface area contributed by atoms with E-state index in [4.69, 9.17) is 0 Å². The predicted octanol–water partition coefficient (Wildman–Crippen LogP) is 2.06. The molecule has 0 N–H and O–H groups in total. The Bertz CT molecular complexity index is 956. The molecule has 144 valence electrons. The molecule has 0 aliphatic carbocycles. The van der Waals surface area contributed by atoms with Gasteiger partial charge in [-0.25, -0.2) is 8.42 Å². The van der Waals surface area contributed by atoms with E-state index in [2.05, 4.69) is 0 Å². The van der Waals surface area contributed by atoms with Crippen LogP contribution in [0.2, 0.25) is 0 Å². The van der Waals surface area contributed by atoms with Crippen LogP contribution in [-0.4, -0.2) is 68.7 Å². The number of rotatable bonds is 4. The van der Waals surface area contributed by atoms with Crippen molar-refractivity contribution in [3.63, 3.8) is 0 Å². The summed E-state index contributed by atoms with van der Waals surface area (Å²) in [6.45, 7) is 1.99. The fourth-order valence-corrected chi connectivity index (χ4v) is 6.87. The normalized spacial score (nSPS) is 24.0. The summed E-state index contributed by atoms with van der Waals surface area (Å²) in [5.74, 6) is -0.0174. The topological polar surface area (TPSA) is 60.9 Å². The van der Waals surface area contributed by atoms with Crippen LogP contribution in [0.1, 0.15) is 21.7 Å². The largest absolute Gasteiger partial charge is 0.336 e. The van der Waals surface area contributed by atoms with Crippen molar-refractivity contribution in [3.05, 3.63) is 52.2 Å². The molecule has 0 saturated carbocycles. The first kappa shape index (κ1) is 18.6. The summed E-state index contributed by atoms with van der Waals surface area (Å²) in [6, 6.07) is 10.9. The fourth-order valence-electron chi connectivity index (χ4n) is 4.13. The number of sulfonamides is 1. The maximum Gasteiger partial charge on any atom is 0.263 e. The number of thiophene rings is 1. The first-order valence-electron chi connectivity index (χ1n) is 8.96. The highest BCUT2D eigenvalue weighted by atomic mass is 32.2. The molecule has 2 aliphatic heterocycles. The average molecular weight is 406 g/mol. The lowest BCUT2D eigenvalue weighted by atomic mass is 9.89. The molecule has 27 heavy (non-hydrogen) atoms. The summed E-state index contributed by atoms with van der Waals surface area (Å²) in [5, 5.41) is 1.89. The second-order valence-corrected chi connectivity index (χ2v) is 10.1. The van der Waals surface area contributed by atoms with Crippen molar-refractivity contribution in [1.82, 2.24) is 14.1 Å². The first-order chi connectivity index (χ1) is 12.9. The number of carbonyl (C=O) groups is 1. The summed E-state index contributed by atoms with van der Waals surface area (Å²) in [7, 11) is 0.303. The van der Waals surface area contributed by atoms with E-state index in [0.29, 0.717) is 42.4 Å². The van der Waals surface area contributed by atoms with Crippen LogP contribution in [0, 0.1) is 0 Å². The second-order valence-electron chi connectivity index (χ2n) is 7.36. The zero-order valence-corrected chi connectivity index (χ0v) is 17.1. The zero-order chi connectivity index (χ0) is 19.2. The van der Waals surface area contributed by atoms with Crippen molar-refractivity contribution in [2.45, 2.75) is 16.9 Å². The highest BCUT2D eigenvalue weighted by molar-refractivity contribution is 7.89. The number of fused-ring (bicyclic) bond motifs is 2. The van der Waals surface area contributed by atoms with Gasteiger partial charge in [-0.3, -0.25) is 4.79 Å². The van der Waals surface area contributed by atoms with E-state index < -0.39 is 15.6 Å². The molecule has 1 amide bonds. The maximum atomic E-state index is 13.3. The lowest BCUT2D eigenvalue weighted by Crippen LogP contribution is -2.48. The van der Waals surface area contributed by atoms with E-state index >= 15 is 0 Å². The van der Waals surface area contributed by atoms with Gasteiger partial charge in [0.15, 0.2) is 0 Å².